The summed E-state index contributed by atoms with van der Waals surface area (Å²) in [5.74, 6) is 0. The van der Waals surface area contributed by atoms with Gasteiger partial charge in [0.2, 0.25) is 0 Å². The molecule has 3 heteroatoms. The third-order valence-electron chi connectivity index (χ3n) is 2.50. The number of hydrogen-bond acceptors (Lipinski definition) is 2. The van der Waals surface area contributed by atoms with E-state index in [0.29, 0.717) is 4.59 Å². The Bertz CT molecular complexity index is 342. The summed E-state index contributed by atoms with van der Waals surface area (Å²) in [5.41, 5.74) is 1.27. The molecule has 0 spiro atoms. The van der Waals surface area contributed by atoms with Crippen molar-refractivity contribution in [1.29, 1.82) is 0 Å². The van der Waals surface area contributed by atoms with Gasteiger partial charge in [0.15, 0.2) is 0 Å². The Morgan fingerprint density at radius 1 is 1.29 bits per heavy atom. The summed E-state index contributed by atoms with van der Waals surface area (Å²) in [5, 5.41) is 4.46. The van der Waals surface area contributed by atoms with Crippen LogP contribution in [0.5, 0.6) is 0 Å². The molecule has 1 atom stereocenters. The average Bonchev–Trinajstić information content (AvgIpc) is 2.69. The molecule has 0 radical (unpaired) electrons. The van der Waals surface area contributed by atoms with Gasteiger partial charge < -0.3 is 0 Å². The molecule has 0 amide bonds. The van der Waals surface area contributed by atoms with Crippen molar-refractivity contribution in [3.63, 3.8) is 0 Å². The van der Waals surface area contributed by atoms with E-state index in [-0.39, 0.29) is 0 Å². The van der Waals surface area contributed by atoms with Crippen molar-refractivity contribution in [2.24, 2.45) is 5.10 Å². The molecular weight excluding hydrogens is 174 g/mol. The third-order valence-corrected chi connectivity index (χ3v) is 2.50. The fraction of sp³-hybridized carbons (Fsp3) is 0.273. The summed E-state index contributed by atoms with van der Waals surface area (Å²) in [4.78, 5) is 4.01. The van der Waals surface area contributed by atoms with Gasteiger partial charge in [-0.1, -0.05) is 5.10 Å². The maximum Gasteiger partial charge on any atom is 0.133 e. The van der Waals surface area contributed by atoms with Crippen LogP contribution in [0.4, 0.5) is 0 Å². The van der Waals surface area contributed by atoms with E-state index in [1.54, 1.807) is 0 Å². The summed E-state index contributed by atoms with van der Waals surface area (Å²) >= 11 is 0. The number of pyridine rings is 1. The highest BCUT2D eigenvalue weighted by molar-refractivity contribution is 5.71. The van der Waals surface area contributed by atoms with Crippen LogP contribution in [0.15, 0.2) is 41.9 Å². The molecule has 0 aliphatic carbocycles. The first-order valence-corrected chi connectivity index (χ1v) is 4.84. The molecule has 0 bridgehead atoms. The van der Waals surface area contributed by atoms with Crippen molar-refractivity contribution in [3.8, 4) is 0 Å². The molecule has 1 aliphatic heterocycles. The highest BCUT2D eigenvalue weighted by Gasteiger charge is 2.24. The van der Waals surface area contributed by atoms with Gasteiger partial charge in [0.1, 0.15) is 19.3 Å². The van der Waals surface area contributed by atoms with Crippen LogP contribution in [0.1, 0.15) is 12.5 Å². The Kier molecular flexibility index (Phi) is 2.41. The van der Waals surface area contributed by atoms with Crippen molar-refractivity contribution in [3.05, 3.63) is 42.4 Å². The van der Waals surface area contributed by atoms with E-state index in [9.17, 15) is 0 Å². The Balaban J connectivity index is 2.17. The Morgan fingerprint density at radius 2 is 2.07 bits per heavy atom. The smallest absolute Gasteiger partial charge is 0.133 e. The van der Waals surface area contributed by atoms with Crippen LogP contribution in [-0.4, -0.2) is 22.3 Å². The number of quaternary nitrogens is 1. The fourth-order valence-electron chi connectivity index (χ4n) is 1.61. The van der Waals surface area contributed by atoms with Crippen molar-refractivity contribution in [2.75, 3.05) is 6.54 Å². The van der Waals surface area contributed by atoms with E-state index >= 15 is 0 Å². The molecule has 3 nitrogen and oxygen atoms in total. The molecule has 0 N–H and O–H groups in total. The van der Waals surface area contributed by atoms with Crippen molar-refractivity contribution in [2.45, 2.75) is 13.5 Å². The summed E-state index contributed by atoms with van der Waals surface area (Å²) in [6.45, 7) is 4.04. The molecule has 2 rings (SSSR count). The van der Waals surface area contributed by atoms with E-state index in [0.717, 1.165) is 13.1 Å². The lowest BCUT2D eigenvalue weighted by molar-refractivity contribution is -0.895. The lowest BCUT2D eigenvalue weighted by Gasteiger charge is -2.24. The summed E-state index contributed by atoms with van der Waals surface area (Å²) in [7, 11) is 0. The normalized spacial score (nSPS) is 24.4. The number of aromatic nitrogens is 1. The van der Waals surface area contributed by atoms with Crippen LogP contribution in [0.3, 0.4) is 0 Å². The van der Waals surface area contributed by atoms with E-state index in [2.05, 4.69) is 23.2 Å². The molecule has 1 aromatic rings. The van der Waals surface area contributed by atoms with Crippen LogP contribution in [0.2, 0.25) is 0 Å². The van der Waals surface area contributed by atoms with Crippen LogP contribution < -0.4 is 0 Å². The van der Waals surface area contributed by atoms with E-state index in [1.165, 1.54) is 5.56 Å². The monoisotopic (exact) mass is 188 g/mol. The topological polar surface area (TPSA) is 25.2 Å². The van der Waals surface area contributed by atoms with Crippen LogP contribution in [0, 0.1) is 0 Å². The van der Waals surface area contributed by atoms with Gasteiger partial charge in [0.05, 0.1) is 6.21 Å². The first-order valence-electron chi connectivity index (χ1n) is 4.84. The molecule has 1 aromatic heterocycles. The van der Waals surface area contributed by atoms with Crippen LogP contribution in [-0.2, 0) is 6.54 Å². The SMILES string of the molecule is CC[N+]1(Cc2ccncc2)C=CC=N1. The first-order chi connectivity index (χ1) is 6.85. The number of allylic oxidation sites excluding steroid dienone is 1. The van der Waals surface area contributed by atoms with Crippen molar-refractivity contribution < 1.29 is 4.59 Å². The van der Waals surface area contributed by atoms with E-state index < -0.39 is 0 Å². The Labute approximate surface area is 84.0 Å². The van der Waals surface area contributed by atoms with Crippen molar-refractivity contribution in [1.82, 2.24) is 4.98 Å². The molecule has 0 saturated heterocycles. The maximum atomic E-state index is 4.46. The highest BCUT2D eigenvalue weighted by Crippen LogP contribution is 2.18. The predicted octanol–water partition coefficient (Wildman–Crippen LogP) is 1.93. The zero-order chi connectivity index (χ0) is 9.86. The minimum absolute atomic E-state index is 0.671. The summed E-state index contributed by atoms with van der Waals surface area (Å²) in [6, 6.07) is 4.08. The molecule has 2 heterocycles. The molecule has 72 valence electrons. The van der Waals surface area contributed by atoms with E-state index in [4.69, 9.17) is 0 Å². The van der Waals surface area contributed by atoms with E-state index in [1.807, 2.05) is 36.8 Å². The zero-order valence-electron chi connectivity index (χ0n) is 8.30. The number of nitrogens with zero attached hydrogens (tertiary/aromatic N) is 3. The van der Waals surface area contributed by atoms with Crippen molar-refractivity contribution >= 4 is 6.21 Å². The second kappa shape index (κ2) is 3.72. The highest BCUT2D eigenvalue weighted by atomic mass is 15.6. The lowest BCUT2D eigenvalue weighted by atomic mass is 10.2. The zero-order valence-corrected chi connectivity index (χ0v) is 8.30. The van der Waals surface area contributed by atoms with Gasteiger partial charge in [-0.25, -0.2) is 0 Å². The number of hydrogen-bond donors (Lipinski definition) is 0. The van der Waals surface area contributed by atoms with Gasteiger partial charge in [-0.2, -0.15) is 4.59 Å². The third kappa shape index (κ3) is 1.72. The van der Waals surface area contributed by atoms with Gasteiger partial charge >= 0.3 is 0 Å². The molecule has 0 saturated carbocycles. The summed E-state index contributed by atoms with van der Waals surface area (Å²) in [6.07, 6.45) is 9.64. The average molecular weight is 188 g/mol. The maximum absolute atomic E-state index is 4.46. The molecule has 0 aromatic carbocycles. The van der Waals surface area contributed by atoms with Gasteiger partial charge in [-0.3, -0.25) is 4.98 Å². The molecule has 1 unspecified atom stereocenters. The van der Waals surface area contributed by atoms with Gasteiger partial charge in [-0.15, -0.1) is 0 Å². The standard InChI is InChI=1S/C11H14N3/c1-2-14(9-3-6-13-14)10-11-4-7-12-8-5-11/h3-9H,2,10H2,1H3/q+1. The van der Waals surface area contributed by atoms with Crippen LogP contribution >= 0.6 is 0 Å². The van der Waals surface area contributed by atoms with Gasteiger partial charge in [-0.05, 0) is 19.1 Å². The lowest BCUT2D eigenvalue weighted by Crippen LogP contribution is -2.34. The van der Waals surface area contributed by atoms with Gasteiger partial charge in [0, 0.05) is 24.0 Å². The molecular formula is C11H14N3+. The number of rotatable bonds is 3. The summed E-state index contributed by atoms with van der Waals surface area (Å²) < 4.78 is 0.671. The predicted molar refractivity (Wildman–Crippen MR) is 56.4 cm³/mol. The first kappa shape index (κ1) is 9.09. The molecule has 0 fully saturated rings. The largest absolute Gasteiger partial charge is 0.265 e. The quantitative estimate of drug-likeness (QED) is 0.665. The second-order valence-corrected chi connectivity index (χ2v) is 3.42. The molecule has 14 heavy (non-hydrogen) atoms. The molecule has 1 aliphatic rings. The minimum Gasteiger partial charge on any atom is -0.265 e. The Hall–Kier alpha value is -1.48. The van der Waals surface area contributed by atoms with Crippen LogP contribution in [0.25, 0.3) is 0 Å². The second-order valence-electron chi connectivity index (χ2n) is 3.42. The van der Waals surface area contributed by atoms with Gasteiger partial charge in [0.25, 0.3) is 0 Å². The minimum atomic E-state index is 0.671. The fourth-order valence-corrected chi connectivity index (χ4v) is 1.61. The Morgan fingerprint density at radius 3 is 2.64 bits per heavy atom.